The molecule has 1 atom stereocenters. The van der Waals surface area contributed by atoms with Crippen molar-refractivity contribution in [1.29, 1.82) is 0 Å². The van der Waals surface area contributed by atoms with E-state index in [1.807, 2.05) is 0 Å². The van der Waals surface area contributed by atoms with Crippen LogP contribution in [0.3, 0.4) is 0 Å². The van der Waals surface area contributed by atoms with Crippen molar-refractivity contribution in [2.24, 2.45) is 0 Å². The summed E-state index contributed by atoms with van der Waals surface area (Å²) in [7, 11) is 0. The first-order chi connectivity index (χ1) is 10.4. The number of aryl methyl sites for hydroxylation is 1. The Balaban J connectivity index is 1.88. The van der Waals surface area contributed by atoms with Crippen molar-refractivity contribution >= 4 is 11.9 Å². The minimum atomic E-state index is -1.22. The van der Waals surface area contributed by atoms with E-state index in [0.717, 1.165) is 4.90 Å². The number of benzene rings is 1. The fourth-order valence-corrected chi connectivity index (χ4v) is 2.47. The van der Waals surface area contributed by atoms with Crippen LogP contribution in [-0.4, -0.2) is 22.0 Å². The summed E-state index contributed by atoms with van der Waals surface area (Å²) >= 11 is 0. The van der Waals surface area contributed by atoms with E-state index in [4.69, 9.17) is 4.52 Å². The van der Waals surface area contributed by atoms with E-state index in [0.29, 0.717) is 17.0 Å². The number of carbonyl (C=O) groups excluding carboxylic acids is 2. The maximum Gasteiger partial charge on any atom is 0.325 e. The molecule has 6 nitrogen and oxygen atoms in total. The van der Waals surface area contributed by atoms with E-state index in [-0.39, 0.29) is 6.54 Å². The van der Waals surface area contributed by atoms with Crippen LogP contribution in [0.25, 0.3) is 0 Å². The minimum Gasteiger partial charge on any atom is -0.361 e. The molecule has 0 radical (unpaired) electrons. The van der Waals surface area contributed by atoms with Crippen molar-refractivity contribution < 1.29 is 18.5 Å². The summed E-state index contributed by atoms with van der Waals surface area (Å²) < 4.78 is 18.0. The second-order valence-electron chi connectivity index (χ2n) is 5.38. The summed E-state index contributed by atoms with van der Waals surface area (Å²) in [6.07, 6.45) is 0. The number of hydrogen-bond acceptors (Lipinski definition) is 4. The van der Waals surface area contributed by atoms with E-state index < -0.39 is 23.3 Å². The van der Waals surface area contributed by atoms with Crippen molar-refractivity contribution in [2.75, 3.05) is 0 Å². The van der Waals surface area contributed by atoms with Crippen LogP contribution in [0.5, 0.6) is 0 Å². The molecule has 3 rings (SSSR count). The Kier molecular flexibility index (Phi) is 3.20. The average molecular weight is 303 g/mol. The van der Waals surface area contributed by atoms with Crippen LogP contribution in [0.2, 0.25) is 0 Å². The maximum absolute atomic E-state index is 13.0. The second kappa shape index (κ2) is 4.94. The van der Waals surface area contributed by atoms with Gasteiger partial charge in [-0.1, -0.05) is 17.3 Å². The van der Waals surface area contributed by atoms with Gasteiger partial charge >= 0.3 is 6.03 Å². The smallest absolute Gasteiger partial charge is 0.325 e. The number of halogens is 1. The lowest BCUT2D eigenvalue weighted by Gasteiger charge is -2.22. The lowest BCUT2D eigenvalue weighted by Crippen LogP contribution is -2.40. The summed E-state index contributed by atoms with van der Waals surface area (Å²) in [4.78, 5) is 25.8. The molecular weight excluding hydrogens is 289 g/mol. The molecule has 0 aliphatic carbocycles. The van der Waals surface area contributed by atoms with Gasteiger partial charge in [0.15, 0.2) is 0 Å². The van der Waals surface area contributed by atoms with E-state index >= 15 is 0 Å². The molecule has 22 heavy (non-hydrogen) atoms. The molecule has 2 heterocycles. The molecule has 1 N–H and O–H groups in total. The Morgan fingerprint density at radius 2 is 2.00 bits per heavy atom. The SMILES string of the molecule is Cc1cc(CN2C(=O)NC(C)(c3ccc(F)cc3)C2=O)no1. The highest BCUT2D eigenvalue weighted by Gasteiger charge is 2.49. The molecule has 0 spiro atoms. The van der Waals surface area contributed by atoms with Gasteiger partial charge in [0.1, 0.15) is 22.8 Å². The van der Waals surface area contributed by atoms with Crippen molar-refractivity contribution in [2.45, 2.75) is 25.9 Å². The summed E-state index contributed by atoms with van der Waals surface area (Å²) in [5.74, 6) is -0.216. The highest BCUT2D eigenvalue weighted by atomic mass is 19.1. The summed E-state index contributed by atoms with van der Waals surface area (Å²) in [5, 5.41) is 6.43. The van der Waals surface area contributed by atoms with Crippen LogP contribution in [0, 0.1) is 12.7 Å². The van der Waals surface area contributed by atoms with Gasteiger partial charge in [-0.25, -0.2) is 9.18 Å². The van der Waals surface area contributed by atoms with E-state index in [2.05, 4.69) is 10.5 Å². The fourth-order valence-electron chi connectivity index (χ4n) is 2.47. The van der Waals surface area contributed by atoms with Gasteiger partial charge in [0.2, 0.25) is 0 Å². The van der Waals surface area contributed by atoms with Crippen LogP contribution in [-0.2, 0) is 16.9 Å². The van der Waals surface area contributed by atoms with Gasteiger partial charge in [0, 0.05) is 6.07 Å². The molecule has 1 fully saturated rings. The molecule has 1 aromatic carbocycles. The fraction of sp³-hybridized carbons (Fsp3) is 0.267. The Hall–Kier alpha value is -2.70. The average Bonchev–Trinajstić information content (AvgIpc) is 2.97. The normalized spacial score (nSPS) is 21.3. The Labute approximate surface area is 125 Å². The van der Waals surface area contributed by atoms with Crippen LogP contribution in [0.4, 0.5) is 9.18 Å². The monoisotopic (exact) mass is 303 g/mol. The molecule has 3 amide bonds. The lowest BCUT2D eigenvalue weighted by atomic mass is 9.92. The Bertz CT molecular complexity index is 741. The van der Waals surface area contributed by atoms with Gasteiger partial charge in [0.25, 0.3) is 5.91 Å². The van der Waals surface area contributed by atoms with E-state index in [9.17, 15) is 14.0 Å². The zero-order valence-electron chi connectivity index (χ0n) is 12.1. The van der Waals surface area contributed by atoms with Gasteiger partial charge in [-0.3, -0.25) is 9.69 Å². The highest BCUT2D eigenvalue weighted by Crippen LogP contribution is 2.29. The topological polar surface area (TPSA) is 75.4 Å². The number of nitrogens with one attached hydrogen (secondary N) is 1. The molecule has 1 unspecified atom stereocenters. The largest absolute Gasteiger partial charge is 0.361 e. The zero-order chi connectivity index (χ0) is 15.9. The zero-order valence-corrected chi connectivity index (χ0v) is 12.1. The predicted octanol–water partition coefficient (Wildman–Crippen LogP) is 2.09. The molecule has 0 bridgehead atoms. The molecule has 114 valence electrons. The van der Waals surface area contributed by atoms with Crippen LogP contribution < -0.4 is 5.32 Å². The summed E-state index contributed by atoms with van der Waals surface area (Å²) in [5.41, 5.74) is -0.209. The van der Waals surface area contributed by atoms with Gasteiger partial charge in [-0.05, 0) is 31.5 Å². The Morgan fingerprint density at radius 1 is 1.32 bits per heavy atom. The van der Waals surface area contributed by atoms with Crippen LogP contribution in [0.1, 0.15) is 23.9 Å². The van der Waals surface area contributed by atoms with Gasteiger partial charge < -0.3 is 9.84 Å². The number of amides is 3. The van der Waals surface area contributed by atoms with Crippen molar-refractivity contribution in [3.8, 4) is 0 Å². The number of hydrogen-bond donors (Lipinski definition) is 1. The number of nitrogens with zero attached hydrogens (tertiary/aromatic N) is 2. The standard InChI is InChI=1S/C15H14FN3O3/c1-9-7-12(18-22-9)8-19-13(20)15(2,17-14(19)21)10-3-5-11(16)6-4-10/h3-7H,8H2,1-2H3,(H,17,21). The van der Waals surface area contributed by atoms with E-state index in [1.165, 1.54) is 24.3 Å². The molecular formula is C15H14FN3O3. The lowest BCUT2D eigenvalue weighted by molar-refractivity contribution is -0.131. The van der Waals surface area contributed by atoms with Crippen LogP contribution >= 0.6 is 0 Å². The number of aromatic nitrogens is 1. The molecule has 1 saturated heterocycles. The van der Waals surface area contributed by atoms with Gasteiger partial charge in [-0.15, -0.1) is 0 Å². The number of carbonyl (C=O) groups is 2. The number of rotatable bonds is 3. The van der Waals surface area contributed by atoms with Crippen molar-refractivity contribution in [3.63, 3.8) is 0 Å². The predicted molar refractivity (Wildman–Crippen MR) is 74.1 cm³/mol. The molecule has 2 aromatic rings. The van der Waals surface area contributed by atoms with Crippen LogP contribution in [0.15, 0.2) is 34.9 Å². The summed E-state index contributed by atoms with van der Waals surface area (Å²) in [6.45, 7) is 3.35. The number of imide groups is 1. The third kappa shape index (κ3) is 2.24. The van der Waals surface area contributed by atoms with E-state index in [1.54, 1.807) is 19.9 Å². The second-order valence-corrected chi connectivity index (χ2v) is 5.38. The Morgan fingerprint density at radius 3 is 2.59 bits per heavy atom. The first-order valence-corrected chi connectivity index (χ1v) is 6.72. The molecule has 7 heteroatoms. The quantitative estimate of drug-likeness (QED) is 0.881. The maximum atomic E-state index is 13.0. The molecule has 1 aromatic heterocycles. The molecule has 1 aliphatic rings. The number of urea groups is 1. The first-order valence-electron chi connectivity index (χ1n) is 6.72. The van der Waals surface area contributed by atoms with Crippen molar-refractivity contribution in [1.82, 2.24) is 15.4 Å². The van der Waals surface area contributed by atoms with Crippen molar-refractivity contribution in [3.05, 3.63) is 53.2 Å². The molecule has 0 saturated carbocycles. The van der Waals surface area contributed by atoms with Gasteiger partial charge in [0.05, 0.1) is 6.54 Å². The third-order valence-corrected chi connectivity index (χ3v) is 3.69. The highest BCUT2D eigenvalue weighted by molar-refractivity contribution is 6.07. The molecule has 1 aliphatic heterocycles. The summed E-state index contributed by atoms with van der Waals surface area (Å²) in [6, 6.07) is 6.62. The minimum absolute atomic E-state index is 0.0266. The third-order valence-electron chi connectivity index (χ3n) is 3.69. The first kappa shape index (κ1) is 14.2. The van der Waals surface area contributed by atoms with Gasteiger partial charge in [-0.2, -0.15) is 0 Å².